The Morgan fingerprint density at radius 1 is 1.40 bits per heavy atom. The summed E-state index contributed by atoms with van der Waals surface area (Å²) in [6, 6.07) is -1.34. The Labute approximate surface area is 86.8 Å². The quantitative estimate of drug-likeness (QED) is 0.429. The molecule has 7 nitrogen and oxygen atoms in total. The van der Waals surface area contributed by atoms with Crippen LogP contribution in [-0.2, 0) is 14.4 Å². The van der Waals surface area contributed by atoms with Crippen molar-refractivity contribution in [1.29, 1.82) is 0 Å². The predicted octanol–water partition coefficient (Wildman–Crippen LogP) is -1.83. The normalized spacial score (nSPS) is 13.0. The van der Waals surface area contributed by atoms with Gasteiger partial charge in [-0.05, 0) is 13.8 Å². The summed E-state index contributed by atoms with van der Waals surface area (Å²) in [6.45, 7) is 2.84. The van der Waals surface area contributed by atoms with Gasteiger partial charge < -0.3 is 21.9 Å². The molecular weight excluding hydrogens is 202 g/mol. The molecule has 0 aromatic rings. The summed E-state index contributed by atoms with van der Waals surface area (Å²) in [5, 5.41) is 10.8. The van der Waals surface area contributed by atoms with Gasteiger partial charge in [-0.2, -0.15) is 0 Å². The molecule has 0 aromatic carbocycles. The van der Waals surface area contributed by atoms with Gasteiger partial charge in [0.1, 0.15) is 6.04 Å². The van der Waals surface area contributed by atoms with Crippen molar-refractivity contribution in [3.8, 4) is 0 Å². The summed E-state index contributed by atoms with van der Waals surface area (Å²) < 4.78 is 0. The molecule has 0 saturated carbocycles. The molecule has 0 aliphatic carbocycles. The molecule has 0 heterocycles. The lowest BCUT2D eigenvalue weighted by Gasteiger charge is -2.21. The minimum Gasteiger partial charge on any atom is -0.480 e. The predicted molar refractivity (Wildman–Crippen MR) is 51.6 cm³/mol. The first-order valence-corrected chi connectivity index (χ1v) is 4.25. The molecule has 0 saturated heterocycles. The van der Waals surface area contributed by atoms with Crippen molar-refractivity contribution in [1.82, 2.24) is 5.32 Å². The fourth-order valence-corrected chi connectivity index (χ4v) is 0.746. The minimum atomic E-state index is -1.34. The lowest BCUT2D eigenvalue weighted by Crippen LogP contribution is -2.54. The van der Waals surface area contributed by atoms with Gasteiger partial charge in [0.2, 0.25) is 11.8 Å². The van der Waals surface area contributed by atoms with E-state index in [0.29, 0.717) is 0 Å². The Balaban J connectivity index is 4.50. The molecule has 0 spiro atoms. The van der Waals surface area contributed by atoms with E-state index in [-0.39, 0.29) is 0 Å². The summed E-state index contributed by atoms with van der Waals surface area (Å²) in [4.78, 5) is 32.5. The highest BCUT2D eigenvalue weighted by Crippen LogP contribution is 1.99. The molecule has 0 aliphatic heterocycles. The third-order valence-corrected chi connectivity index (χ3v) is 1.59. The number of carbonyl (C=O) groups is 3. The molecule has 0 bridgehead atoms. The first-order chi connectivity index (χ1) is 6.64. The van der Waals surface area contributed by atoms with E-state index in [0.717, 1.165) is 0 Å². The first-order valence-electron chi connectivity index (χ1n) is 4.25. The molecule has 0 rings (SSSR count). The fourth-order valence-electron chi connectivity index (χ4n) is 0.746. The number of hydrogen-bond acceptors (Lipinski definition) is 4. The van der Waals surface area contributed by atoms with Gasteiger partial charge in [-0.1, -0.05) is 0 Å². The third-order valence-electron chi connectivity index (χ3n) is 1.59. The Kier molecular flexibility index (Phi) is 4.22. The second-order valence-electron chi connectivity index (χ2n) is 3.76. The molecule has 0 unspecified atom stereocenters. The van der Waals surface area contributed by atoms with Gasteiger partial charge in [0.25, 0.3) is 0 Å². The van der Waals surface area contributed by atoms with Gasteiger partial charge in [0, 0.05) is 0 Å². The smallest absolute Gasteiger partial charge is 0.326 e. The standard InChI is InChI=1S/C8H15N3O4/c1-8(2,10)7(15)11-4(6(13)14)3-5(9)12/h4H,3,10H2,1-2H3,(H2,9,12)(H,11,15)(H,13,14)/t4-/m1/s1. The first kappa shape index (κ1) is 13.4. The molecule has 15 heavy (non-hydrogen) atoms. The van der Waals surface area contributed by atoms with Crippen molar-refractivity contribution in [3.63, 3.8) is 0 Å². The van der Waals surface area contributed by atoms with Crippen LogP contribution >= 0.6 is 0 Å². The van der Waals surface area contributed by atoms with E-state index in [2.05, 4.69) is 5.32 Å². The molecule has 0 aromatic heterocycles. The maximum Gasteiger partial charge on any atom is 0.326 e. The van der Waals surface area contributed by atoms with Crippen molar-refractivity contribution in [3.05, 3.63) is 0 Å². The van der Waals surface area contributed by atoms with E-state index in [1.807, 2.05) is 0 Å². The van der Waals surface area contributed by atoms with Crippen LogP contribution in [0.5, 0.6) is 0 Å². The average Bonchev–Trinajstić information content (AvgIpc) is 1.99. The number of nitrogens with one attached hydrogen (secondary N) is 1. The monoisotopic (exact) mass is 217 g/mol. The summed E-state index contributed by atoms with van der Waals surface area (Å²) in [5.41, 5.74) is 9.07. The van der Waals surface area contributed by atoms with Crippen LogP contribution in [0.3, 0.4) is 0 Å². The zero-order valence-electron chi connectivity index (χ0n) is 8.61. The summed E-state index contributed by atoms with van der Waals surface area (Å²) in [5.74, 6) is -2.79. The maximum absolute atomic E-state index is 11.3. The second kappa shape index (κ2) is 4.74. The van der Waals surface area contributed by atoms with Crippen LogP contribution in [-0.4, -0.2) is 34.5 Å². The Hall–Kier alpha value is -1.63. The number of primary amides is 1. The largest absolute Gasteiger partial charge is 0.480 e. The van der Waals surface area contributed by atoms with E-state index in [9.17, 15) is 14.4 Å². The van der Waals surface area contributed by atoms with Gasteiger partial charge in [-0.3, -0.25) is 9.59 Å². The van der Waals surface area contributed by atoms with Gasteiger partial charge in [-0.15, -0.1) is 0 Å². The van der Waals surface area contributed by atoms with Crippen LogP contribution in [0, 0.1) is 0 Å². The van der Waals surface area contributed by atoms with Crippen molar-refractivity contribution in [2.75, 3.05) is 0 Å². The highest BCUT2D eigenvalue weighted by molar-refractivity contribution is 5.91. The molecule has 1 atom stereocenters. The zero-order valence-corrected chi connectivity index (χ0v) is 8.61. The molecule has 0 radical (unpaired) electrons. The summed E-state index contributed by atoms with van der Waals surface area (Å²) >= 11 is 0. The number of rotatable bonds is 5. The van der Waals surface area contributed by atoms with Crippen LogP contribution in [0.1, 0.15) is 20.3 Å². The Morgan fingerprint density at radius 3 is 2.13 bits per heavy atom. The minimum absolute atomic E-state index is 0.461. The number of amides is 2. The van der Waals surface area contributed by atoms with Crippen molar-refractivity contribution in [2.45, 2.75) is 31.8 Å². The van der Waals surface area contributed by atoms with E-state index in [4.69, 9.17) is 16.6 Å². The number of nitrogens with two attached hydrogens (primary N) is 2. The van der Waals surface area contributed by atoms with E-state index in [1.165, 1.54) is 13.8 Å². The second-order valence-corrected chi connectivity index (χ2v) is 3.76. The number of aliphatic carboxylic acids is 1. The molecule has 7 heteroatoms. The van der Waals surface area contributed by atoms with Crippen molar-refractivity contribution < 1.29 is 19.5 Å². The number of carbonyl (C=O) groups excluding carboxylic acids is 2. The van der Waals surface area contributed by atoms with Gasteiger partial charge >= 0.3 is 5.97 Å². The van der Waals surface area contributed by atoms with Crippen LogP contribution in [0.15, 0.2) is 0 Å². The maximum atomic E-state index is 11.3. The van der Waals surface area contributed by atoms with E-state index < -0.39 is 35.8 Å². The SMILES string of the molecule is CC(C)(N)C(=O)N[C@H](CC(N)=O)C(=O)O. The average molecular weight is 217 g/mol. The fraction of sp³-hybridized carbons (Fsp3) is 0.625. The Bertz CT molecular complexity index is 282. The zero-order chi connectivity index (χ0) is 12.2. The Morgan fingerprint density at radius 2 is 1.87 bits per heavy atom. The van der Waals surface area contributed by atoms with E-state index in [1.54, 1.807) is 0 Å². The van der Waals surface area contributed by atoms with Crippen LogP contribution < -0.4 is 16.8 Å². The molecule has 6 N–H and O–H groups in total. The van der Waals surface area contributed by atoms with Crippen LogP contribution in [0.2, 0.25) is 0 Å². The van der Waals surface area contributed by atoms with Gasteiger partial charge in [-0.25, -0.2) is 4.79 Å². The highest BCUT2D eigenvalue weighted by Gasteiger charge is 2.28. The molecule has 0 fully saturated rings. The third kappa shape index (κ3) is 4.96. The van der Waals surface area contributed by atoms with Crippen molar-refractivity contribution in [2.24, 2.45) is 11.5 Å². The number of carboxylic acid groups (broad SMARTS) is 1. The molecular formula is C8H15N3O4. The lowest BCUT2D eigenvalue weighted by atomic mass is 10.1. The molecule has 86 valence electrons. The topological polar surface area (TPSA) is 136 Å². The van der Waals surface area contributed by atoms with E-state index >= 15 is 0 Å². The molecule has 0 aliphatic rings. The lowest BCUT2D eigenvalue weighted by molar-refractivity contribution is -0.143. The highest BCUT2D eigenvalue weighted by atomic mass is 16.4. The van der Waals surface area contributed by atoms with Gasteiger partial charge in [0.05, 0.1) is 12.0 Å². The van der Waals surface area contributed by atoms with Crippen LogP contribution in [0.4, 0.5) is 0 Å². The molecule has 2 amide bonds. The van der Waals surface area contributed by atoms with Crippen LogP contribution in [0.25, 0.3) is 0 Å². The summed E-state index contributed by atoms with van der Waals surface area (Å²) in [7, 11) is 0. The number of carboxylic acids is 1. The number of hydrogen-bond donors (Lipinski definition) is 4. The van der Waals surface area contributed by atoms with Gasteiger partial charge in [0.15, 0.2) is 0 Å². The summed E-state index contributed by atoms with van der Waals surface area (Å²) in [6.07, 6.45) is -0.461. The van der Waals surface area contributed by atoms with Crippen molar-refractivity contribution >= 4 is 17.8 Å².